The second kappa shape index (κ2) is 8.11. The van der Waals surface area contributed by atoms with Crippen molar-refractivity contribution in [2.75, 3.05) is 7.11 Å². The summed E-state index contributed by atoms with van der Waals surface area (Å²) < 4.78 is 6.32. The Morgan fingerprint density at radius 3 is 1.96 bits per heavy atom. The van der Waals surface area contributed by atoms with Crippen LogP contribution in [0.5, 0.6) is 5.75 Å². The third-order valence-electron chi connectivity index (χ3n) is 4.20. The number of nitrogens with zero attached hydrogens (tertiary/aromatic N) is 2. The zero-order valence-electron chi connectivity index (χ0n) is 14.7. The monoisotopic (exact) mass is 436 g/mol. The van der Waals surface area contributed by atoms with Gasteiger partial charge < -0.3 is 4.74 Å². The maximum absolute atomic E-state index is 5.27. The lowest BCUT2D eigenvalue weighted by Gasteiger charge is -2.20. The zero-order chi connectivity index (χ0) is 18.6. The Kier molecular flexibility index (Phi) is 5.41. The number of hydrogen-bond acceptors (Lipinski definition) is 4. The molecule has 27 heavy (non-hydrogen) atoms. The van der Waals surface area contributed by atoms with E-state index in [4.69, 9.17) is 14.7 Å². The van der Waals surface area contributed by atoms with Crippen molar-refractivity contribution in [3.63, 3.8) is 0 Å². The molecule has 0 spiro atoms. The highest BCUT2D eigenvalue weighted by Crippen LogP contribution is 2.33. The van der Waals surface area contributed by atoms with E-state index in [0.717, 1.165) is 37.0 Å². The van der Waals surface area contributed by atoms with E-state index in [2.05, 4.69) is 40.2 Å². The first-order valence-electron chi connectivity index (χ1n) is 8.52. The summed E-state index contributed by atoms with van der Waals surface area (Å²) in [5.41, 5.74) is 3.23. The number of ether oxygens (including phenoxy) is 1. The number of thioether (sulfide) groups is 1. The van der Waals surface area contributed by atoms with Crippen LogP contribution in [0.4, 0.5) is 0 Å². The molecule has 0 radical (unpaired) electrons. The van der Waals surface area contributed by atoms with E-state index in [0.29, 0.717) is 0 Å². The first-order valence-corrected chi connectivity index (χ1v) is 10.1. The van der Waals surface area contributed by atoms with Gasteiger partial charge in [0.05, 0.1) is 7.11 Å². The minimum absolute atomic E-state index is 0.258. The number of aliphatic imine (C=N–C) groups is 2. The molecular weight excluding hydrogens is 420 g/mol. The molecule has 0 bridgehead atoms. The highest BCUT2D eigenvalue weighted by atomic mass is 79.9. The molecule has 1 atom stereocenters. The summed E-state index contributed by atoms with van der Waals surface area (Å²) in [6, 6.07) is 26.4. The predicted molar refractivity (Wildman–Crippen MR) is 117 cm³/mol. The van der Waals surface area contributed by atoms with E-state index in [1.807, 2.05) is 54.6 Å². The average Bonchev–Trinajstić information content (AvgIpc) is 2.74. The van der Waals surface area contributed by atoms with Crippen LogP contribution in [-0.4, -0.2) is 17.2 Å². The zero-order valence-corrected chi connectivity index (χ0v) is 17.1. The second-order valence-corrected chi connectivity index (χ2v) is 7.88. The van der Waals surface area contributed by atoms with Gasteiger partial charge in [-0.3, -0.25) is 0 Å². The van der Waals surface area contributed by atoms with Crippen LogP contribution in [-0.2, 0) is 0 Å². The molecule has 4 rings (SSSR count). The fourth-order valence-corrected chi connectivity index (χ4v) is 4.02. The number of hydrogen-bond donors (Lipinski definition) is 0. The summed E-state index contributed by atoms with van der Waals surface area (Å²) in [7, 11) is 1.67. The van der Waals surface area contributed by atoms with Crippen LogP contribution in [0.3, 0.4) is 0 Å². The number of benzene rings is 3. The summed E-state index contributed by atoms with van der Waals surface area (Å²) in [4.78, 5) is 9.83. The second-order valence-electron chi connectivity index (χ2n) is 5.99. The maximum atomic E-state index is 5.27. The minimum atomic E-state index is -0.258. The Labute approximate surface area is 171 Å². The van der Waals surface area contributed by atoms with E-state index in [-0.39, 0.29) is 6.17 Å². The van der Waals surface area contributed by atoms with Crippen LogP contribution in [0.25, 0.3) is 0 Å². The average molecular weight is 437 g/mol. The maximum Gasteiger partial charge on any atom is 0.167 e. The highest BCUT2D eigenvalue weighted by molar-refractivity contribution is 9.10. The third kappa shape index (κ3) is 4.15. The fraction of sp³-hybridized carbons (Fsp3) is 0.0909. The van der Waals surface area contributed by atoms with Crippen molar-refractivity contribution >= 4 is 37.8 Å². The van der Waals surface area contributed by atoms with Crippen molar-refractivity contribution in [2.24, 2.45) is 9.98 Å². The van der Waals surface area contributed by atoms with Gasteiger partial charge in [0.25, 0.3) is 0 Å². The molecular formula is C22H17BrN2OS. The van der Waals surface area contributed by atoms with Gasteiger partial charge in [0, 0.05) is 15.6 Å². The molecule has 3 aromatic carbocycles. The SMILES string of the molecule is COc1ccc(C2=N[C@H](c3ccc(Br)cc3)N=C(c3ccccc3)S2)cc1. The van der Waals surface area contributed by atoms with Crippen molar-refractivity contribution < 1.29 is 4.74 Å². The topological polar surface area (TPSA) is 34.0 Å². The Balaban J connectivity index is 1.75. The van der Waals surface area contributed by atoms with Crippen molar-refractivity contribution in [2.45, 2.75) is 6.17 Å². The molecule has 3 nitrogen and oxygen atoms in total. The normalized spacial score (nSPS) is 16.4. The molecule has 5 heteroatoms. The summed E-state index contributed by atoms with van der Waals surface area (Å²) in [5.74, 6) is 0.835. The first-order chi connectivity index (χ1) is 13.2. The van der Waals surface area contributed by atoms with Gasteiger partial charge in [0.2, 0.25) is 0 Å². The van der Waals surface area contributed by atoms with Crippen molar-refractivity contribution in [3.05, 3.63) is 100 Å². The molecule has 0 fully saturated rings. The largest absolute Gasteiger partial charge is 0.497 e. The predicted octanol–water partition coefficient (Wildman–Crippen LogP) is 6.10. The standard InChI is InChI=1S/C22H17BrN2OS/c1-26-19-13-9-17(10-14-19)22-25-20(15-7-11-18(23)12-8-15)24-21(27-22)16-5-3-2-4-6-16/h2-14,20H,1H3/t20-/m1/s1. The van der Waals surface area contributed by atoms with Crippen LogP contribution < -0.4 is 4.74 Å². The molecule has 0 saturated heterocycles. The van der Waals surface area contributed by atoms with Gasteiger partial charge in [0.1, 0.15) is 15.8 Å². The summed E-state index contributed by atoms with van der Waals surface area (Å²) in [6.07, 6.45) is -0.258. The molecule has 0 unspecified atom stereocenters. The van der Waals surface area contributed by atoms with Crippen LogP contribution in [0, 0.1) is 0 Å². The molecule has 0 saturated carbocycles. The number of methoxy groups -OCH3 is 1. The van der Waals surface area contributed by atoms with E-state index in [1.165, 1.54) is 0 Å². The number of halogens is 1. The van der Waals surface area contributed by atoms with E-state index in [9.17, 15) is 0 Å². The van der Waals surface area contributed by atoms with Gasteiger partial charge in [0.15, 0.2) is 6.17 Å². The Morgan fingerprint density at radius 1 is 0.778 bits per heavy atom. The quantitative estimate of drug-likeness (QED) is 0.495. The Hall–Kier alpha value is -2.37. The highest BCUT2D eigenvalue weighted by Gasteiger charge is 2.21. The van der Waals surface area contributed by atoms with Gasteiger partial charge in [-0.1, -0.05) is 58.4 Å². The van der Waals surface area contributed by atoms with Crippen LogP contribution >= 0.6 is 27.7 Å². The lowest BCUT2D eigenvalue weighted by Crippen LogP contribution is -2.12. The van der Waals surface area contributed by atoms with Crippen molar-refractivity contribution in [1.29, 1.82) is 0 Å². The summed E-state index contributed by atoms with van der Waals surface area (Å²) in [5, 5.41) is 1.93. The van der Waals surface area contributed by atoms with Gasteiger partial charge in [-0.25, -0.2) is 9.98 Å². The minimum Gasteiger partial charge on any atom is -0.497 e. The Bertz CT molecular complexity index is 983. The Morgan fingerprint density at radius 2 is 1.37 bits per heavy atom. The third-order valence-corrected chi connectivity index (χ3v) is 5.80. The lowest BCUT2D eigenvalue weighted by atomic mass is 10.1. The van der Waals surface area contributed by atoms with Gasteiger partial charge >= 0.3 is 0 Å². The molecule has 0 aliphatic carbocycles. The van der Waals surface area contributed by atoms with Crippen LogP contribution in [0.1, 0.15) is 22.9 Å². The number of rotatable bonds is 4. The van der Waals surface area contributed by atoms with Crippen LogP contribution in [0.2, 0.25) is 0 Å². The molecule has 3 aromatic rings. The molecule has 0 N–H and O–H groups in total. The van der Waals surface area contributed by atoms with Crippen molar-refractivity contribution in [3.8, 4) is 5.75 Å². The fourth-order valence-electron chi connectivity index (χ4n) is 2.76. The van der Waals surface area contributed by atoms with Crippen LogP contribution in [0.15, 0.2) is 93.3 Å². The molecule has 1 aliphatic rings. The summed E-state index contributed by atoms with van der Waals surface area (Å²) in [6.45, 7) is 0. The smallest absolute Gasteiger partial charge is 0.167 e. The molecule has 134 valence electrons. The van der Waals surface area contributed by atoms with Gasteiger partial charge in [-0.05, 0) is 53.7 Å². The molecule has 1 heterocycles. The molecule has 1 aliphatic heterocycles. The van der Waals surface area contributed by atoms with E-state index in [1.54, 1.807) is 18.9 Å². The van der Waals surface area contributed by atoms with E-state index >= 15 is 0 Å². The van der Waals surface area contributed by atoms with E-state index < -0.39 is 0 Å². The van der Waals surface area contributed by atoms with Gasteiger partial charge in [-0.15, -0.1) is 0 Å². The molecule has 0 aromatic heterocycles. The van der Waals surface area contributed by atoms with Crippen molar-refractivity contribution in [1.82, 2.24) is 0 Å². The molecule has 0 amide bonds. The lowest BCUT2D eigenvalue weighted by molar-refractivity contribution is 0.415. The first kappa shape index (κ1) is 18.0. The summed E-state index contributed by atoms with van der Waals surface area (Å²) >= 11 is 5.10. The van der Waals surface area contributed by atoms with Gasteiger partial charge in [-0.2, -0.15) is 0 Å².